The van der Waals surface area contributed by atoms with Crippen LogP contribution in [0.5, 0.6) is 0 Å². The van der Waals surface area contributed by atoms with Crippen molar-refractivity contribution in [3.8, 4) is 0 Å². The van der Waals surface area contributed by atoms with Gasteiger partial charge in [-0.3, -0.25) is 25.2 Å². The Labute approximate surface area is 143 Å². The molecule has 0 spiro atoms. The second kappa shape index (κ2) is 7.12. The zero-order chi connectivity index (χ0) is 17.8. The molecule has 0 atom stereocenters. The number of hydrazine groups is 1. The molecule has 6 nitrogen and oxygen atoms in total. The quantitative estimate of drug-likeness (QED) is 0.839. The van der Waals surface area contributed by atoms with Crippen molar-refractivity contribution in [1.82, 2.24) is 10.9 Å². The van der Waals surface area contributed by atoms with E-state index in [0.29, 0.717) is 18.7 Å². The summed E-state index contributed by atoms with van der Waals surface area (Å²) >= 11 is 0. The Morgan fingerprint density at radius 2 is 1.52 bits per heavy atom. The van der Waals surface area contributed by atoms with E-state index in [1.807, 2.05) is 0 Å². The van der Waals surface area contributed by atoms with Crippen molar-refractivity contribution in [2.45, 2.75) is 12.8 Å². The van der Waals surface area contributed by atoms with Gasteiger partial charge in [-0.25, -0.2) is 4.39 Å². The zero-order valence-corrected chi connectivity index (χ0v) is 13.3. The average Bonchev–Trinajstić information content (AvgIpc) is 3.05. The van der Waals surface area contributed by atoms with Crippen LogP contribution < -0.4 is 15.8 Å². The van der Waals surface area contributed by atoms with Gasteiger partial charge in [-0.2, -0.15) is 0 Å². The summed E-state index contributed by atoms with van der Waals surface area (Å²) in [6.45, 7) is 0.546. The zero-order valence-electron chi connectivity index (χ0n) is 13.3. The fourth-order valence-electron chi connectivity index (χ4n) is 2.70. The van der Waals surface area contributed by atoms with Gasteiger partial charge >= 0.3 is 0 Å². The van der Waals surface area contributed by atoms with Crippen molar-refractivity contribution in [3.05, 3.63) is 65.5 Å². The summed E-state index contributed by atoms with van der Waals surface area (Å²) in [6.07, 6.45) is 1.18. The van der Waals surface area contributed by atoms with Crippen molar-refractivity contribution in [1.29, 1.82) is 0 Å². The Bertz CT molecular complexity index is 838. The van der Waals surface area contributed by atoms with E-state index in [1.165, 1.54) is 18.2 Å². The van der Waals surface area contributed by atoms with E-state index >= 15 is 0 Å². The summed E-state index contributed by atoms with van der Waals surface area (Å²) in [5, 5.41) is 0. The van der Waals surface area contributed by atoms with Gasteiger partial charge in [-0.15, -0.1) is 0 Å². The van der Waals surface area contributed by atoms with Crippen LogP contribution in [0.15, 0.2) is 48.5 Å². The first-order valence-corrected chi connectivity index (χ1v) is 7.82. The van der Waals surface area contributed by atoms with Gasteiger partial charge in [-0.05, 0) is 30.7 Å². The number of hydrogen-bond acceptors (Lipinski definition) is 3. The van der Waals surface area contributed by atoms with E-state index in [4.69, 9.17) is 0 Å². The van der Waals surface area contributed by atoms with Gasteiger partial charge in [0, 0.05) is 13.0 Å². The molecule has 0 radical (unpaired) electrons. The number of rotatable bonds is 3. The van der Waals surface area contributed by atoms with Crippen LogP contribution in [-0.4, -0.2) is 24.3 Å². The smallest absolute Gasteiger partial charge is 0.272 e. The normalized spacial score (nSPS) is 13.6. The molecule has 3 rings (SSSR count). The topological polar surface area (TPSA) is 78.5 Å². The summed E-state index contributed by atoms with van der Waals surface area (Å²) in [5.74, 6) is -2.07. The minimum Gasteiger partial charge on any atom is -0.312 e. The highest BCUT2D eigenvalue weighted by Crippen LogP contribution is 2.25. The maximum absolute atomic E-state index is 13.6. The van der Waals surface area contributed by atoms with E-state index in [2.05, 4.69) is 10.9 Å². The molecule has 2 aromatic carbocycles. The molecule has 25 heavy (non-hydrogen) atoms. The van der Waals surface area contributed by atoms with Crippen LogP contribution >= 0.6 is 0 Å². The molecule has 1 fully saturated rings. The second-order valence-electron chi connectivity index (χ2n) is 5.55. The molecule has 2 aromatic rings. The monoisotopic (exact) mass is 341 g/mol. The molecule has 0 unspecified atom stereocenters. The molecule has 0 aromatic heterocycles. The third kappa shape index (κ3) is 3.50. The van der Waals surface area contributed by atoms with E-state index in [9.17, 15) is 18.8 Å². The molecular formula is C18H16FN3O3. The molecule has 1 heterocycles. The highest BCUT2D eigenvalue weighted by molar-refractivity contribution is 6.06. The Hall–Kier alpha value is -3.22. The number of benzene rings is 2. The first-order valence-electron chi connectivity index (χ1n) is 7.82. The van der Waals surface area contributed by atoms with Crippen LogP contribution in [0, 0.1) is 5.82 Å². The van der Waals surface area contributed by atoms with Crippen molar-refractivity contribution < 1.29 is 18.8 Å². The van der Waals surface area contributed by atoms with Crippen molar-refractivity contribution in [2.75, 3.05) is 11.4 Å². The summed E-state index contributed by atoms with van der Waals surface area (Å²) in [4.78, 5) is 37.8. The minimum atomic E-state index is -0.763. The average molecular weight is 341 g/mol. The fourth-order valence-corrected chi connectivity index (χ4v) is 2.70. The van der Waals surface area contributed by atoms with Gasteiger partial charge in [0.15, 0.2) is 0 Å². The first kappa shape index (κ1) is 16.6. The lowest BCUT2D eigenvalue weighted by molar-refractivity contribution is -0.117. The Balaban J connectivity index is 1.73. The maximum Gasteiger partial charge on any atom is 0.272 e. The highest BCUT2D eigenvalue weighted by atomic mass is 19.1. The molecule has 0 bridgehead atoms. The number of anilines is 1. The molecule has 2 N–H and O–H groups in total. The lowest BCUT2D eigenvalue weighted by Crippen LogP contribution is -2.42. The lowest BCUT2D eigenvalue weighted by Gasteiger charge is -2.19. The number of nitrogens with one attached hydrogen (secondary N) is 2. The number of nitrogens with zero attached hydrogens (tertiary/aromatic N) is 1. The van der Waals surface area contributed by atoms with E-state index in [0.717, 1.165) is 12.5 Å². The second-order valence-corrected chi connectivity index (χ2v) is 5.55. The number of halogens is 1. The van der Waals surface area contributed by atoms with E-state index in [1.54, 1.807) is 29.2 Å². The third-order valence-electron chi connectivity index (χ3n) is 3.92. The largest absolute Gasteiger partial charge is 0.312 e. The first-order chi connectivity index (χ1) is 12.1. The standard InChI is InChI=1S/C18H16FN3O3/c19-14-8-3-1-6-12(14)17(24)20-21-18(25)13-7-2-4-9-15(13)22-11-5-10-16(22)23/h1-4,6-9H,5,10-11H2,(H,20,24)(H,21,25). The van der Waals surface area contributed by atoms with Gasteiger partial charge in [0.05, 0.1) is 16.8 Å². The number of para-hydroxylation sites is 1. The molecule has 0 aliphatic carbocycles. The molecule has 1 saturated heterocycles. The van der Waals surface area contributed by atoms with Crippen molar-refractivity contribution in [3.63, 3.8) is 0 Å². The number of hydrogen-bond donors (Lipinski definition) is 2. The Morgan fingerprint density at radius 1 is 0.920 bits per heavy atom. The van der Waals surface area contributed by atoms with Gasteiger partial charge in [0.1, 0.15) is 5.82 Å². The lowest BCUT2D eigenvalue weighted by atomic mass is 10.1. The van der Waals surface area contributed by atoms with Gasteiger partial charge in [0.2, 0.25) is 5.91 Å². The summed E-state index contributed by atoms with van der Waals surface area (Å²) in [6, 6.07) is 12.1. The summed E-state index contributed by atoms with van der Waals surface area (Å²) in [7, 11) is 0. The molecule has 1 aliphatic rings. The highest BCUT2D eigenvalue weighted by Gasteiger charge is 2.25. The maximum atomic E-state index is 13.6. The van der Waals surface area contributed by atoms with Crippen LogP contribution in [0.1, 0.15) is 33.6 Å². The van der Waals surface area contributed by atoms with Gasteiger partial charge in [-0.1, -0.05) is 24.3 Å². The van der Waals surface area contributed by atoms with Gasteiger partial charge < -0.3 is 4.90 Å². The van der Waals surface area contributed by atoms with Crippen molar-refractivity contribution in [2.24, 2.45) is 0 Å². The molecular weight excluding hydrogens is 325 g/mol. The van der Waals surface area contributed by atoms with Crippen LogP contribution in [-0.2, 0) is 4.79 Å². The molecule has 3 amide bonds. The summed E-state index contributed by atoms with van der Waals surface area (Å²) < 4.78 is 13.6. The molecule has 0 saturated carbocycles. The SMILES string of the molecule is O=C(NNC(=O)c1ccccc1N1CCCC1=O)c1ccccc1F. The molecule has 128 valence electrons. The van der Waals surface area contributed by atoms with Crippen LogP contribution in [0.4, 0.5) is 10.1 Å². The van der Waals surface area contributed by atoms with Crippen LogP contribution in [0.3, 0.4) is 0 Å². The van der Waals surface area contributed by atoms with E-state index < -0.39 is 17.6 Å². The molecule has 1 aliphatic heterocycles. The number of carbonyl (C=O) groups excluding carboxylic acids is 3. The van der Waals surface area contributed by atoms with Crippen molar-refractivity contribution >= 4 is 23.4 Å². The predicted molar refractivity (Wildman–Crippen MR) is 89.4 cm³/mol. The Morgan fingerprint density at radius 3 is 2.16 bits per heavy atom. The summed E-state index contributed by atoms with van der Waals surface area (Å²) in [5.41, 5.74) is 5.01. The third-order valence-corrected chi connectivity index (χ3v) is 3.92. The van der Waals surface area contributed by atoms with Crippen LogP contribution in [0.25, 0.3) is 0 Å². The molecule has 7 heteroatoms. The number of carbonyl (C=O) groups is 3. The fraction of sp³-hybridized carbons (Fsp3) is 0.167. The van der Waals surface area contributed by atoms with Crippen LogP contribution in [0.2, 0.25) is 0 Å². The van der Waals surface area contributed by atoms with E-state index in [-0.39, 0.29) is 17.0 Å². The Kier molecular flexibility index (Phi) is 4.74. The minimum absolute atomic E-state index is 0.0457. The predicted octanol–water partition coefficient (Wildman–Crippen LogP) is 2.03. The number of amides is 3. The van der Waals surface area contributed by atoms with Gasteiger partial charge in [0.25, 0.3) is 11.8 Å².